The molecule has 0 spiro atoms. The molecule has 1 saturated heterocycles. The van der Waals surface area contributed by atoms with Gasteiger partial charge in [0.25, 0.3) is 11.8 Å². The number of carbonyl (C=O) groups is 2. The maximum atomic E-state index is 10.7. The van der Waals surface area contributed by atoms with E-state index in [1.54, 1.807) is 6.26 Å². The van der Waals surface area contributed by atoms with Crippen molar-refractivity contribution in [1.29, 1.82) is 0 Å². The Morgan fingerprint density at radius 3 is 2.30 bits per heavy atom. The van der Waals surface area contributed by atoms with Crippen LogP contribution in [0.1, 0.15) is 12.8 Å². The fourth-order valence-corrected chi connectivity index (χ4v) is 1.03. The summed E-state index contributed by atoms with van der Waals surface area (Å²) < 4.78 is 4.68. The zero-order valence-corrected chi connectivity index (χ0v) is 6.31. The average molecular weight is 161 g/mol. The minimum atomic E-state index is -0.251. The Morgan fingerprint density at radius 2 is 1.90 bits per heavy atom. The minimum absolute atomic E-state index is 0.251. The van der Waals surface area contributed by atoms with Crippen molar-refractivity contribution in [2.75, 3.05) is 6.26 Å². The molecular weight excluding hydrogens is 154 g/mol. The minimum Gasteiger partial charge on any atom is -0.272 e. The van der Waals surface area contributed by atoms with Crippen LogP contribution in [0, 0.1) is 0 Å². The highest BCUT2D eigenvalue weighted by Gasteiger charge is 2.30. The van der Waals surface area contributed by atoms with E-state index < -0.39 is 0 Å². The highest BCUT2D eigenvalue weighted by atomic mass is 32.2. The molecule has 0 N–H and O–H groups in total. The number of hydroxylamine groups is 2. The van der Waals surface area contributed by atoms with Crippen LogP contribution >= 0.6 is 12.0 Å². The summed E-state index contributed by atoms with van der Waals surface area (Å²) >= 11 is 0.991. The van der Waals surface area contributed by atoms with Crippen molar-refractivity contribution < 1.29 is 13.9 Å². The van der Waals surface area contributed by atoms with Gasteiger partial charge in [-0.1, -0.05) is 0 Å². The lowest BCUT2D eigenvalue weighted by Gasteiger charge is -2.08. The molecule has 0 unspecified atom stereocenters. The first-order valence-electron chi connectivity index (χ1n) is 2.82. The van der Waals surface area contributed by atoms with Crippen LogP contribution in [0.3, 0.4) is 0 Å². The van der Waals surface area contributed by atoms with Crippen LogP contribution in [-0.2, 0) is 13.9 Å². The first-order valence-corrected chi connectivity index (χ1v) is 3.97. The Hall–Kier alpha value is -0.550. The molecule has 0 atom stereocenters. The molecule has 0 aromatic rings. The number of imide groups is 1. The fraction of sp³-hybridized carbons (Fsp3) is 0.600. The van der Waals surface area contributed by atoms with Gasteiger partial charge in [0.15, 0.2) is 0 Å². The van der Waals surface area contributed by atoms with Gasteiger partial charge in [0, 0.05) is 31.1 Å². The molecule has 2 amide bonds. The van der Waals surface area contributed by atoms with Gasteiger partial charge in [0.05, 0.1) is 0 Å². The summed E-state index contributed by atoms with van der Waals surface area (Å²) in [5, 5.41) is 0.810. The molecule has 0 aliphatic carbocycles. The van der Waals surface area contributed by atoms with Crippen LogP contribution in [-0.4, -0.2) is 23.1 Å². The predicted molar refractivity (Wildman–Crippen MR) is 35.7 cm³/mol. The third-order valence-corrected chi connectivity index (χ3v) is 1.45. The van der Waals surface area contributed by atoms with Crippen molar-refractivity contribution in [2.45, 2.75) is 12.8 Å². The van der Waals surface area contributed by atoms with Gasteiger partial charge in [-0.05, 0) is 0 Å². The largest absolute Gasteiger partial charge is 0.272 e. The van der Waals surface area contributed by atoms with Gasteiger partial charge in [-0.15, -0.1) is 5.06 Å². The van der Waals surface area contributed by atoms with Crippen molar-refractivity contribution >= 4 is 23.9 Å². The lowest BCUT2D eigenvalue weighted by molar-refractivity contribution is -0.161. The van der Waals surface area contributed by atoms with Gasteiger partial charge < -0.3 is 0 Å². The summed E-state index contributed by atoms with van der Waals surface area (Å²) in [5.41, 5.74) is 0. The number of amides is 2. The van der Waals surface area contributed by atoms with Crippen molar-refractivity contribution in [2.24, 2.45) is 0 Å². The molecule has 1 rings (SSSR count). The highest BCUT2D eigenvalue weighted by Crippen LogP contribution is 2.15. The van der Waals surface area contributed by atoms with Crippen molar-refractivity contribution in [3.05, 3.63) is 0 Å². The van der Waals surface area contributed by atoms with E-state index in [2.05, 4.69) is 4.28 Å². The standard InChI is InChI=1S/C5H7NO3S/c1-10-9-6-4(7)2-3-5(6)8/h2-3H2,1H3. The SMILES string of the molecule is CSON1C(=O)CCC1=O. The summed E-state index contributed by atoms with van der Waals surface area (Å²) in [4.78, 5) is 21.5. The van der Waals surface area contributed by atoms with Crippen molar-refractivity contribution in [3.8, 4) is 0 Å². The Kier molecular flexibility index (Phi) is 2.29. The molecule has 0 aromatic heterocycles. The van der Waals surface area contributed by atoms with Crippen LogP contribution in [0.25, 0.3) is 0 Å². The van der Waals surface area contributed by atoms with E-state index in [0.717, 1.165) is 17.1 Å². The van der Waals surface area contributed by atoms with E-state index in [0.29, 0.717) is 0 Å². The van der Waals surface area contributed by atoms with Crippen LogP contribution in [0.15, 0.2) is 0 Å². The molecule has 1 fully saturated rings. The maximum Gasteiger partial charge on any atom is 0.254 e. The molecule has 0 radical (unpaired) electrons. The third-order valence-electron chi connectivity index (χ3n) is 1.15. The van der Waals surface area contributed by atoms with E-state index in [1.165, 1.54) is 0 Å². The molecule has 0 bridgehead atoms. The lowest BCUT2D eigenvalue weighted by atomic mass is 10.4. The molecule has 10 heavy (non-hydrogen) atoms. The Balaban J connectivity index is 2.54. The Morgan fingerprint density at radius 1 is 1.40 bits per heavy atom. The van der Waals surface area contributed by atoms with Gasteiger partial charge in [-0.25, -0.2) is 0 Å². The zero-order valence-electron chi connectivity index (χ0n) is 5.49. The molecule has 0 aromatic carbocycles. The molecule has 4 nitrogen and oxygen atoms in total. The lowest BCUT2D eigenvalue weighted by Crippen LogP contribution is -2.26. The fourth-order valence-electron chi connectivity index (χ4n) is 0.714. The van der Waals surface area contributed by atoms with E-state index >= 15 is 0 Å². The summed E-state index contributed by atoms with van der Waals surface area (Å²) in [6, 6.07) is 0. The van der Waals surface area contributed by atoms with Gasteiger partial charge in [0.2, 0.25) is 0 Å². The van der Waals surface area contributed by atoms with Crippen LogP contribution in [0.2, 0.25) is 0 Å². The number of rotatable bonds is 2. The van der Waals surface area contributed by atoms with Gasteiger partial charge in [0.1, 0.15) is 0 Å². The molecule has 56 valence electrons. The second-order valence-electron chi connectivity index (χ2n) is 1.82. The second-order valence-corrected chi connectivity index (χ2v) is 2.31. The van der Waals surface area contributed by atoms with E-state index in [9.17, 15) is 9.59 Å². The highest BCUT2D eigenvalue weighted by molar-refractivity contribution is 7.93. The molecule has 1 heterocycles. The Labute approximate surface area is 62.7 Å². The number of nitrogens with zero attached hydrogens (tertiary/aromatic N) is 1. The maximum absolute atomic E-state index is 10.7. The normalized spacial score (nSPS) is 18.7. The molecule has 0 saturated carbocycles. The van der Waals surface area contributed by atoms with Gasteiger partial charge >= 0.3 is 0 Å². The van der Waals surface area contributed by atoms with Crippen molar-refractivity contribution in [3.63, 3.8) is 0 Å². The first-order chi connectivity index (χ1) is 4.75. The monoisotopic (exact) mass is 161 g/mol. The van der Waals surface area contributed by atoms with Crippen molar-refractivity contribution in [1.82, 2.24) is 5.06 Å². The first kappa shape index (κ1) is 7.56. The van der Waals surface area contributed by atoms with E-state index in [4.69, 9.17) is 0 Å². The van der Waals surface area contributed by atoms with Crippen LogP contribution < -0.4 is 0 Å². The quantitative estimate of drug-likeness (QED) is 0.433. The van der Waals surface area contributed by atoms with Crippen LogP contribution in [0.5, 0.6) is 0 Å². The summed E-state index contributed by atoms with van der Waals surface area (Å²) in [6.45, 7) is 0. The average Bonchev–Trinajstić information content (AvgIpc) is 2.20. The Bertz CT molecular complexity index is 154. The van der Waals surface area contributed by atoms with Crippen LogP contribution in [0.4, 0.5) is 0 Å². The molecular formula is C5H7NO3S. The molecule has 1 aliphatic rings. The summed E-state index contributed by atoms with van der Waals surface area (Å²) in [5.74, 6) is -0.501. The van der Waals surface area contributed by atoms with Gasteiger partial charge in [-0.2, -0.15) is 4.28 Å². The topological polar surface area (TPSA) is 46.6 Å². The number of hydrogen-bond donors (Lipinski definition) is 0. The van der Waals surface area contributed by atoms with E-state index in [1.807, 2.05) is 0 Å². The number of hydrogen-bond acceptors (Lipinski definition) is 4. The molecule has 1 aliphatic heterocycles. The summed E-state index contributed by atoms with van der Waals surface area (Å²) in [6.07, 6.45) is 2.21. The third kappa shape index (κ3) is 1.30. The second kappa shape index (κ2) is 3.03. The number of carbonyl (C=O) groups excluding carboxylic acids is 2. The van der Waals surface area contributed by atoms with E-state index in [-0.39, 0.29) is 24.7 Å². The predicted octanol–water partition coefficient (Wildman–Crippen LogP) is 0.345. The molecule has 5 heteroatoms. The zero-order chi connectivity index (χ0) is 7.56. The smallest absolute Gasteiger partial charge is 0.254 e. The van der Waals surface area contributed by atoms with Gasteiger partial charge in [-0.3, -0.25) is 9.59 Å². The summed E-state index contributed by atoms with van der Waals surface area (Å²) in [7, 11) is 0.